The predicted molar refractivity (Wildman–Crippen MR) is 233 cm³/mol. The molecule has 9 aromatic carbocycles. The molecule has 1 nitrogen and oxygen atoms in total. The summed E-state index contributed by atoms with van der Waals surface area (Å²) in [6, 6.07) is 84.1. The Balaban J connectivity index is 1.14. The first kappa shape index (κ1) is 33.1. The van der Waals surface area contributed by atoms with Crippen molar-refractivity contribution in [2.75, 3.05) is 0 Å². The molecule has 0 saturated carbocycles. The smallest absolute Gasteiger partial charge is 0.132 e. The first-order valence-corrected chi connectivity index (χ1v) is 19.8. The fraction of sp³-hybridized carbons (Fsp3) is 0.0357. The molecule has 0 saturated heterocycles. The van der Waals surface area contributed by atoms with Crippen LogP contribution in [0.25, 0.3) is 33.4 Å². The van der Waals surface area contributed by atoms with Gasteiger partial charge in [0.25, 0.3) is 0 Å². The van der Waals surface area contributed by atoms with Gasteiger partial charge in [0.05, 0.1) is 10.8 Å². The Bertz CT molecular complexity index is 2830. The van der Waals surface area contributed by atoms with Crippen LogP contribution < -0.4 is 4.74 Å². The van der Waals surface area contributed by atoms with Crippen molar-refractivity contribution in [1.29, 1.82) is 0 Å². The van der Waals surface area contributed by atoms with E-state index in [0.29, 0.717) is 0 Å². The fourth-order valence-electron chi connectivity index (χ4n) is 9.97. The van der Waals surface area contributed by atoms with Crippen LogP contribution >= 0.6 is 0 Å². The molecular weight excluding hydrogens is 689 g/mol. The van der Waals surface area contributed by atoms with Gasteiger partial charge < -0.3 is 4.74 Å². The van der Waals surface area contributed by atoms with Crippen molar-refractivity contribution in [3.63, 3.8) is 0 Å². The molecule has 0 spiro atoms. The van der Waals surface area contributed by atoms with Crippen LogP contribution in [0.4, 0.5) is 0 Å². The van der Waals surface area contributed by atoms with Gasteiger partial charge in [-0.05, 0) is 91.0 Å². The van der Waals surface area contributed by atoms with Crippen molar-refractivity contribution in [3.8, 4) is 44.9 Å². The Kier molecular flexibility index (Phi) is 7.69. The largest absolute Gasteiger partial charge is 0.457 e. The topological polar surface area (TPSA) is 9.23 Å². The van der Waals surface area contributed by atoms with Gasteiger partial charge in [-0.15, -0.1) is 0 Å². The summed E-state index contributed by atoms with van der Waals surface area (Å²) in [5.41, 5.74) is 16.0. The van der Waals surface area contributed by atoms with E-state index in [4.69, 9.17) is 4.74 Å². The zero-order valence-corrected chi connectivity index (χ0v) is 31.3. The van der Waals surface area contributed by atoms with Crippen LogP contribution in [0.3, 0.4) is 0 Å². The van der Waals surface area contributed by atoms with E-state index in [0.717, 1.165) is 28.2 Å². The van der Waals surface area contributed by atoms with Gasteiger partial charge in [0.15, 0.2) is 0 Å². The normalized spacial score (nSPS) is 14.0. The summed E-state index contributed by atoms with van der Waals surface area (Å²) >= 11 is 0. The minimum atomic E-state index is -0.595. The highest BCUT2D eigenvalue weighted by Gasteiger charge is 2.47. The van der Waals surface area contributed by atoms with Crippen molar-refractivity contribution < 1.29 is 4.74 Å². The van der Waals surface area contributed by atoms with E-state index in [1.165, 1.54) is 61.2 Å². The van der Waals surface area contributed by atoms with Crippen LogP contribution in [-0.4, -0.2) is 0 Å². The molecule has 0 atom stereocenters. The highest BCUT2D eigenvalue weighted by Crippen LogP contribution is 2.58. The molecule has 1 heteroatoms. The highest BCUT2D eigenvalue weighted by atomic mass is 16.5. The Labute approximate surface area is 334 Å². The van der Waals surface area contributed by atoms with Crippen LogP contribution in [-0.2, 0) is 10.8 Å². The quantitative estimate of drug-likeness (QED) is 0.166. The fourth-order valence-corrected chi connectivity index (χ4v) is 9.97. The summed E-state index contributed by atoms with van der Waals surface area (Å²) in [4.78, 5) is 0. The van der Waals surface area contributed by atoms with Crippen LogP contribution in [0.1, 0.15) is 44.5 Å². The van der Waals surface area contributed by atoms with Gasteiger partial charge in [-0.3, -0.25) is 0 Å². The van der Waals surface area contributed by atoms with E-state index in [9.17, 15) is 0 Å². The van der Waals surface area contributed by atoms with Crippen LogP contribution in [0.5, 0.6) is 11.5 Å². The monoisotopic (exact) mass is 726 g/mol. The van der Waals surface area contributed by atoms with E-state index in [1.807, 2.05) is 0 Å². The molecule has 11 rings (SSSR count). The van der Waals surface area contributed by atoms with Crippen LogP contribution in [0.15, 0.2) is 231 Å². The van der Waals surface area contributed by atoms with Gasteiger partial charge in [-0.25, -0.2) is 0 Å². The van der Waals surface area contributed by atoms with Gasteiger partial charge in [0.2, 0.25) is 0 Å². The number of rotatable bonds is 6. The molecule has 1 aliphatic heterocycles. The van der Waals surface area contributed by atoms with E-state index in [1.54, 1.807) is 0 Å². The number of hydrogen-bond donors (Lipinski definition) is 0. The minimum absolute atomic E-state index is 0.471. The number of hydrogen-bond acceptors (Lipinski definition) is 1. The van der Waals surface area contributed by atoms with Crippen molar-refractivity contribution in [1.82, 2.24) is 0 Å². The average Bonchev–Trinajstić information content (AvgIpc) is 3.59. The Hall–Kier alpha value is -7.22. The molecule has 9 aromatic rings. The Morgan fingerprint density at radius 3 is 1.16 bits per heavy atom. The van der Waals surface area contributed by atoms with E-state index in [2.05, 4.69) is 231 Å². The second-order valence-corrected chi connectivity index (χ2v) is 15.1. The zero-order valence-electron chi connectivity index (χ0n) is 31.3. The molecule has 0 fully saturated rings. The average molecular weight is 727 g/mol. The van der Waals surface area contributed by atoms with Gasteiger partial charge >= 0.3 is 0 Å². The van der Waals surface area contributed by atoms with Gasteiger partial charge in [0, 0.05) is 11.1 Å². The SMILES string of the molecule is c1ccc(C2(c3ccccc3)c3ccccc3Oc3ccc(-c4ccccc4-c4ccc5c(c4)C(c4ccccc4)(c4ccccc4)c4ccccc4-5)cc32)cc1. The summed E-state index contributed by atoms with van der Waals surface area (Å²) < 4.78 is 6.77. The highest BCUT2D eigenvalue weighted by molar-refractivity contribution is 5.91. The third kappa shape index (κ3) is 4.89. The third-order valence-electron chi connectivity index (χ3n) is 12.3. The molecule has 1 aliphatic carbocycles. The Morgan fingerprint density at radius 2 is 0.614 bits per heavy atom. The maximum atomic E-state index is 6.77. The second kappa shape index (κ2) is 13.2. The molecule has 57 heavy (non-hydrogen) atoms. The van der Waals surface area contributed by atoms with Crippen molar-refractivity contribution >= 4 is 0 Å². The second-order valence-electron chi connectivity index (χ2n) is 15.1. The molecule has 0 N–H and O–H groups in total. The molecule has 0 radical (unpaired) electrons. The lowest BCUT2D eigenvalue weighted by atomic mass is 9.63. The molecule has 0 aromatic heterocycles. The van der Waals surface area contributed by atoms with Crippen molar-refractivity contribution in [2.24, 2.45) is 0 Å². The van der Waals surface area contributed by atoms with Crippen molar-refractivity contribution in [2.45, 2.75) is 10.8 Å². The van der Waals surface area contributed by atoms with Gasteiger partial charge in [-0.1, -0.05) is 206 Å². The molecule has 0 amide bonds. The van der Waals surface area contributed by atoms with Crippen LogP contribution in [0, 0.1) is 0 Å². The van der Waals surface area contributed by atoms with Gasteiger partial charge in [0.1, 0.15) is 11.5 Å². The first-order chi connectivity index (χ1) is 28.3. The predicted octanol–water partition coefficient (Wildman–Crippen LogP) is 13.9. The lowest BCUT2D eigenvalue weighted by Crippen LogP contribution is -2.34. The summed E-state index contributed by atoms with van der Waals surface area (Å²) in [5, 5.41) is 0. The Morgan fingerprint density at radius 1 is 0.246 bits per heavy atom. The summed E-state index contributed by atoms with van der Waals surface area (Å²) in [5.74, 6) is 1.75. The van der Waals surface area contributed by atoms with Crippen LogP contribution in [0.2, 0.25) is 0 Å². The number of fused-ring (bicyclic) bond motifs is 5. The molecule has 1 heterocycles. The summed E-state index contributed by atoms with van der Waals surface area (Å²) in [6.45, 7) is 0. The van der Waals surface area contributed by atoms with E-state index >= 15 is 0 Å². The standard InChI is InChI=1S/C56H38O/c1-5-19-41(20-6-1)55(42-21-7-2-8-22-42)49-30-16-15-29-47(49)48-35-33-39(37-51(48)55)45-27-13-14-28-46(45)40-34-36-54-52(38-40)56(43-23-9-3-10-24-43,44-25-11-4-12-26-44)50-31-17-18-32-53(50)57-54/h1-38H. The summed E-state index contributed by atoms with van der Waals surface area (Å²) in [6.07, 6.45) is 0. The first-order valence-electron chi connectivity index (χ1n) is 19.8. The van der Waals surface area contributed by atoms with E-state index in [-0.39, 0.29) is 0 Å². The van der Waals surface area contributed by atoms with Crippen molar-refractivity contribution in [3.05, 3.63) is 275 Å². The minimum Gasteiger partial charge on any atom is -0.457 e. The molecule has 2 aliphatic rings. The van der Waals surface area contributed by atoms with E-state index < -0.39 is 10.8 Å². The molecule has 0 unspecified atom stereocenters. The number of benzene rings is 9. The van der Waals surface area contributed by atoms with Gasteiger partial charge in [-0.2, -0.15) is 0 Å². The number of ether oxygens (including phenoxy) is 1. The lowest BCUT2D eigenvalue weighted by molar-refractivity contribution is 0.434. The third-order valence-corrected chi connectivity index (χ3v) is 12.3. The summed E-state index contributed by atoms with van der Waals surface area (Å²) in [7, 11) is 0. The maximum absolute atomic E-state index is 6.77. The molecule has 0 bridgehead atoms. The maximum Gasteiger partial charge on any atom is 0.132 e. The molecular formula is C56H38O. The zero-order chi connectivity index (χ0) is 37.8. The lowest BCUT2D eigenvalue weighted by Gasteiger charge is -2.41. The number of para-hydroxylation sites is 1. The molecule has 268 valence electrons.